The molecule has 84 valence electrons. The number of ether oxygens (including phenoxy) is 1. The molecule has 1 atom stereocenters. The SMILES string of the molecule is CC(Oc1ccc(Cl)cc1)/C(N)=[NH+]/O.[Cl-]. The van der Waals surface area contributed by atoms with Gasteiger partial charge in [-0.3, -0.25) is 5.73 Å². The first-order valence-electron chi connectivity index (χ1n) is 4.08. The van der Waals surface area contributed by atoms with Gasteiger partial charge in [0.2, 0.25) is 0 Å². The van der Waals surface area contributed by atoms with Gasteiger partial charge in [-0.05, 0) is 31.2 Å². The summed E-state index contributed by atoms with van der Waals surface area (Å²) in [6.45, 7) is 1.72. The minimum atomic E-state index is -0.416. The second kappa shape index (κ2) is 6.37. The van der Waals surface area contributed by atoms with Gasteiger partial charge in [0.1, 0.15) is 5.75 Å². The molecule has 0 spiro atoms. The third-order valence-corrected chi connectivity index (χ3v) is 1.95. The summed E-state index contributed by atoms with van der Waals surface area (Å²) in [5.74, 6) is 0.792. The molecule has 1 unspecified atom stereocenters. The fourth-order valence-corrected chi connectivity index (χ4v) is 0.998. The van der Waals surface area contributed by atoms with E-state index in [1.165, 1.54) is 0 Å². The van der Waals surface area contributed by atoms with Gasteiger partial charge in [-0.2, -0.15) is 0 Å². The summed E-state index contributed by atoms with van der Waals surface area (Å²) in [5.41, 5.74) is 5.40. The maximum atomic E-state index is 8.51. The summed E-state index contributed by atoms with van der Waals surface area (Å²) in [4.78, 5) is 0. The number of halogens is 2. The second-order valence-electron chi connectivity index (χ2n) is 2.78. The lowest BCUT2D eigenvalue weighted by Gasteiger charge is -2.09. The van der Waals surface area contributed by atoms with Crippen LogP contribution in [0, 0.1) is 0 Å². The topological polar surface area (TPSA) is 69.5 Å². The summed E-state index contributed by atoms with van der Waals surface area (Å²) >= 11 is 5.70. The van der Waals surface area contributed by atoms with Crippen LogP contribution < -0.4 is 28.0 Å². The minimum absolute atomic E-state index is 0. The van der Waals surface area contributed by atoms with Crippen molar-refractivity contribution >= 4 is 17.4 Å². The van der Waals surface area contributed by atoms with Crippen LogP contribution in [0.4, 0.5) is 0 Å². The van der Waals surface area contributed by atoms with Crippen LogP contribution in [0.25, 0.3) is 0 Å². The molecule has 0 aromatic heterocycles. The van der Waals surface area contributed by atoms with Crippen LogP contribution in [0.15, 0.2) is 24.3 Å². The van der Waals surface area contributed by atoms with E-state index in [2.05, 4.69) is 0 Å². The lowest BCUT2D eigenvalue weighted by Crippen LogP contribution is -3.00. The number of benzene rings is 1. The molecule has 6 heteroatoms. The van der Waals surface area contributed by atoms with Crippen LogP contribution >= 0.6 is 11.6 Å². The Morgan fingerprint density at radius 1 is 1.47 bits per heavy atom. The molecule has 1 aromatic rings. The molecule has 4 N–H and O–H groups in total. The zero-order valence-corrected chi connectivity index (χ0v) is 9.59. The van der Waals surface area contributed by atoms with Crippen LogP contribution in [0.2, 0.25) is 5.02 Å². The quantitative estimate of drug-likeness (QED) is 0.231. The van der Waals surface area contributed by atoms with E-state index in [1.807, 2.05) is 5.16 Å². The Hall–Kier alpha value is -1.13. The van der Waals surface area contributed by atoms with Gasteiger partial charge in [-0.25, -0.2) is 0 Å². The van der Waals surface area contributed by atoms with Gasteiger partial charge in [-0.15, -0.1) is 0 Å². The van der Waals surface area contributed by atoms with Crippen molar-refractivity contribution < 1.29 is 27.5 Å². The van der Waals surface area contributed by atoms with Crippen molar-refractivity contribution in [2.45, 2.75) is 13.0 Å². The van der Waals surface area contributed by atoms with Gasteiger partial charge in [0.25, 0.3) is 0 Å². The maximum absolute atomic E-state index is 8.51. The van der Waals surface area contributed by atoms with Crippen LogP contribution in [-0.2, 0) is 0 Å². The van der Waals surface area contributed by atoms with E-state index in [9.17, 15) is 0 Å². The van der Waals surface area contributed by atoms with Crippen molar-refractivity contribution in [3.8, 4) is 5.75 Å². The molecule has 0 amide bonds. The van der Waals surface area contributed by atoms with Crippen LogP contribution in [0.3, 0.4) is 0 Å². The molecule has 4 nitrogen and oxygen atoms in total. The number of hydrogen-bond donors (Lipinski definition) is 3. The first-order valence-corrected chi connectivity index (χ1v) is 4.46. The molecule has 0 fully saturated rings. The van der Waals surface area contributed by atoms with Gasteiger partial charge >= 0.3 is 5.84 Å². The van der Waals surface area contributed by atoms with E-state index >= 15 is 0 Å². The normalized spacial score (nSPS) is 12.8. The molecule has 1 rings (SSSR count). The van der Waals surface area contributed by atoms with E-state index in [0.717, 1.165) is 0 Å². The summed E-state index contributed by atoms with van der Waals surface area (Å²) in [5, 5.41) is 11.0. The molecule has 0 radical (unpaired) electrons. The molecule has 1 aromatic carbocycles. The molecule has 0 heterocycles. The number of nitrogens with one attached hydrogen (secondary N) is 1. The maximum Gasteiger partial charge on any atom is 0.320 e. The van der Waals surface area contributed by atoms with Gasteiger partial charge < -0.3 is 22.4 Å². The molecule has 0 aliphatic rings. The van der Waals surface area contributed by atoms with E-state index < -0.39 is 6.10 Å². The average Bonchev–Trinajstić information content (AvgIpc) is 2.20. The van der Waals surface area contributed by atoms with Crippen molar-refractivity contribution in [2.24, 2.45) is 5.73 Å². The Morgan fingerprint density at radius 3 is 2.47 bits per heavy atom. The third kappa shape index (κ3) is 4.27. The fraction of sp³-hybridized carbons (Fsp3) is 0.222. The molecule has 0 saturated carbocycles. The highest BCUT2D eigenvalue weighted by atomic mass is 35.5. The van der Waals surface area contributed by atoms with E-state index in [-0.39, 0.29) is 18.2 Å². The zero-order valence-electron chi connectivity index (χ0n) is 8.08. The van der Waals surface area contributed by atoms with Crippen LogP contribution in [0.1, 0.15) is 6.92 Å². The molecule has 0 aliphatic heterocycles. The van der Waals surface area contributed by atoms with Crippen molar-refractivity contribution in [2.75, 3.05) is 0 Å². The minimum Gasteiger partial charge on any atom is -1.00 e. The van der Waals surface area contributed by atoms with E-state index in [1.54, 1.807) is 31.2 Å². The van der Waals surface area contributed by atoms with Gasteiger partial charge in [0, 0.05) is 5.02 Å². The highest BCUT2D eigenvalue weighted by Crippen LogP contribution is 2.16. The number of amidine groups is 1. The number of hydrogen-bond acceptors (Lipinski definition) is 2. The van der Waals surface area contributed by atoms with Gasteiger partial charge in [-0.1, -0.05) is 16.8 Å². The van der Waals surface area contributed by atoms with Crippen molar-refractivity contribution in [3.05, 3.63) is 29.3 Å². The number of rotatable bonds is 3. The highest BCUT2D eigenvalue weighted by molar-refractivity contribution is 6.30. The fourth-order valence-electron chi connectivity index (χ4n) is 0.872. The molecule has 0 bridgehead atoms. The van der Waals surface area contributed by atoms with Crippen LogP contribution in [-0.4, -0.2) is 17.1 Å². The standard InChI is InChI=1S/C9H11ClN2O2.ClH/c1-6(9(11)12-13)14-8-4-2-7(10)3-5-8;/h2-6,13H,1H3,(H2,11,12);1H. The van der Waals surface area contributed by atoms with Crippen molar-refractivity contribution in [1.29, 1.82) is 0 Å². The first-order chi connectivity index (χ1) is 6.63. The highest BCUT2D eigenvalue weighted by Gasteiger charge is 2.13. The number of nitrogens with two attached hydrogens (primary N) is 1. The second-order valence-corrected chi connectivity index (χ2v) is 3.22. The van der Waals surface area contributed by atoms with Crippen molar-refractivity contribution in [3.63, 3.8) is 0 Å². The lowest BCUT2D eigenvalue weighted by atomic mass is 10.3. The molecule has 15 heavy (non-hydrogen) atoms. The summed E-state index contributed by atoms with van der Waals surface area (Å²) < 4.78 is 5.38. The largest absolute Gasteiger partial charge is 1.00 e. The third-order valence-electron chi connectivity index (χ3n) is 1.69. The average molecular weight is 251 g/mol. The van der Waals surface area contributed by atoms with Crippen LogP contribution in [0.5, 0.6) is 5.75 Å². The lowest BCUT2D eigenvalue weighted by molar-refractivity contribution is -0.739. The molecular weight excluding hydrogens is 239 g/mol. The Balaban J connectivity index is 0.00000196. The van der Waals surface area contributed by atoms with Gasteiger partial charge in [0.15, 0.2) is 6.10 Å². The van der Waals surface area contributed by atoms with Gasteiger partial charge in [0.05, 0.1) is 0 Å². The monoisotopic (exact) mass is 250 g/mol. The van der Waals surface area contributed by atoms with E-state index in [4.69, 9.17) is 27.3 Å². The summed E-state index contributed by atoms with van der Waals surface area (Å²) in [6, 6.07) is 6.88. The summed E-state index contributed by atoms with van der Waals surface area (Å²) in [6.07, 6.45) is -0.416. The predicted molar refractivity (Wildman–Crippen MR) is 53.5 cm³/mol. The molecular formula is C9H12Cl2N2O2. The summed E-state index contributed by atoms with van der Waals surface area (Å²) in [7, 11) is 0. The first kappa shape index (κ1) is 13.9. The Morgan fingerprint density at radius 2 is 2.00 bits per heavy atom. The molecule has 0 saturated heterocycles. The Kier molecular flexibility index (Phi) is 5.89. The van der Waals surface area contributed by atoms with Crippen molar-refractivity contribution in [1.82, 2.24) is 0 Å². The predicted octanol–water partition coefficient (Wildman–Crippen LogP) is -3.06. The Labute approximate surface area is 99.1 Å². The smallest absolute Gasteiger partial charge is 0.320 e. The zero-order chi connectivity index (χ0) is 10.6. The van der Waals surface area contributed by atoms with E-state index in [0.29, 0.717) is 10.8 Å². The Bertz CT molecular complexity index is 327. The molecule has 0 aliphatic carbocycles.